The Morgan fingerprint density at radius 3 is 2.70 bits per heavy atom. The molecule has 0 aliphatic carbocycles. The first-order chi connectivity index (χ1) is 11.3. The molecule has 5 heteroatoms. The first-order valence-electron chi connectivity index (χ1n) is 7.64. The minimum atomic E-state index is -0.115. The topological polar surface area (TPSA) is 32.7 Å². The van der Waals surface area contributed by atoms with E-state index in [0.717, 1.165) is 40.2 Å². The molecule has 2 aliphatic heterocycles. The Morgan fingerprint density at radius 1 is 1.04 bits per heavy atom. The minimum Gasteiger partial charge on any atom is -0.349 e. The van der Waals surface area contributed by atoms with Gasteiger partial charge in [0.15, 0.2) is 5.17 Å². The Labute approximate surface area is 143 Å². The van der Waals surface area contributed by atoms with Gasteiger partial charge < -0.3 is 4.90 Å². The summed E-state index contributed by atoms with van der Waals surface area (Å²) in [6, 6.07) is 14.4. The van der Waals surface area contributed by atoms with E-state index in [9.17, 15) is 4.79 Å². The second-order valence-electron chi connectivity index (χ2n) is 5.48. The van der Waals surface area contributed by atoms with Gasteiger partial charge >= 0.3 is 0 Å². The molecular formula is C18H16N2OS2. The molecule has 116 valence electrons. The highest BCUT2D eigenvalue weighted by atomic mass is 32.2. The van der Waals surface area contributed by atoms with Crippen LogP contribution in [0.4, 0.5) is 0 Å². The molecule has 0 unspecified atom stereocenters. The summed E-state index contributed by atoms with van der Waals surface area (Å²) in [4.78, 5) is 19.5. The summed E-state index contributed by atoms with van der Waals surface area (Å²) in [5.74, 6) is 2.10. The summed E-state index contributed by atoms with van der Waals surface area (Å²) < 4.78 is 0. The van der Waals surface area contributed by atoms with Gasteiger partial charge in [-0.15, -0.1) is 0 Å². The molecule has 2 aromatic rings. The van der Waals surface area contributed by atoms with E-state index in [2.05, 4.69) is 34.2 Å². The van der Waals surface area contributed by atoms with Gasteiger partial charge in [0.25, 0.3) is 5.91 Å². The van der Waals surface area contributed by atoms with Gasteiger partial charge in [0.2, 0.25) is 0 Å². The molecule has 0 atom stereocenters. The van der Waals surface area contributed by atoms with Crippen LogP contribution < -0.4 is 0 Å². The molecule has 4 rings (SSSR count). The molecule has 3 nitrogen and oxygen atoms in total. The molecule has 0 saturated carbocycles. The van der Waals surface area contributed by atoms with Crippen LogP contribution in [-0.4, -0.2) is 40.6 Å². The number of amidine groups is 1. The number of aliphatic imine (C=N–C) groups is 1. The van der Waals surface area contributed by atoms with E-state index in [4.69, 9.17) is 0 Å². The van der Waals surface area contributed by atoms with Crippen LogP contribution in [-0.2, 0) is 4.79 Å². The highest BCUT2D eigenvalue weighted by molar-refractivity contribution is 8.18. The van der Waals surface area contributed by atoms with Crippen LogP contribution in [0.3, 0.4) is 0 Å². The first-order valence-corrected chi connectivity index (χ1v) is 9.61. The van der Waals surface area contributed by atoms with Gasteiger partial charge in [-0.2, -0.15) is 16.8 Å². The van der Waals surface area contributed by atoms with Crippen molar-refractivity contribution in [3.05, 3.63) is 52.9 Å². The molecule has 0 spiro atoms. The lowest BCUT2D eigenvalue weighted by atomic mass is 10.0. The van der Waals surface area contributed by atoms with Crippen LogP contribution >= 0.6 is 23.5 Å². The number of hydrogen-bond donors (Lipinski definition) is 0. The van der Waals surface area contributed by atoms with Crippen LogP contribution in [0.1, 0.15) is 5.56 Å². The third-order valence-electron chi connectivity index (χ3n) is 4.00. The van der Waals surface area contributed by atoms with Gasteiger partial charge in [0.1, 0.15) is 0 Å². The van der Waals surface area contributed by atoms with Gasteiger partial charge in [-0.05, 0) is 34.2 Å². The molecule has 2 aromatic carbocycles. The van der Waals surface area contributed by atoms with E-state index >= 15 is 0 Å². The number of hydrogen-bond acceptors (Lipinski definition) is 4. The molecule has 0 aromatic heterocycles. The molecule has 2 heterocycles. The number of carbonyl (C=O) groups excluding carboxylic acids is 1. The number of fused-ring (bicyclic) bond motifs is 1. The Morgan fingerprint density at radius 2 is 1.83 bits per heavy atom. The van der Waals surface area contributed by atoms with Crippen molar-refractivity contribution in [2.45, 2.75) is 0 Å². The van der Waals surface area contributed by atoms with E-state index in [1.165, 1.54) is 22.5 Å². The van der Waals surface area contributed by atoms with Gasteiger partial charge in [0.05, 0.1) is 4.91 Å². The van der Waals surface area contributed by atoms with Gasteiger partial charge in [0, 0.05) is 24.6 Å². The lowest BCUT2D eigenvalue weighted by Crippen LogP contribution is -2.35. The van der Waals surface area contributed by atoms with Crippen molar-refractivity contribution in [3.8, 4) is 0 Å². The predicted molar refractivity (Wildman–Crippen MR) is 101 cm³/mol. The molecule has 1 fully saturated rings. The van der Waals surface area contributed by atoms with E-state index in [0.29, 0.717) is 0 Å². The summed E-state index contributed by atoms with van der Waals surface area (Å²) in [5, 5.41) is 3.21. The van der Waals surface area contributed by atoms with Crippen LogP contribution in [0, 0.1) is 0 Å². The molecule has 0 bridgehead atoms. The fraction of sp³-hybridized carbons (Fsp3) is 0.222. The zero-order valence-electron chi connectivity index (χ0n) is 12.6. The Bertz CT molecular complexity index is 817. The first kappa shape index (κ1) is 14.8. The van der Waals surface area contributed by atoms with E-state index in [-0.39, 0.29) is 5.91 Å². The summed E-state index contributed by atoms with van der Waals surface area (Å²) in [6.07, 6.45) is 1.98. The van der Waals surface area contributed by atoms with Gasteiger partial charge in [-0.25, -0.2) is 0 Å². The maximum Gasteiger partial charge on any atom is 0.286 e. The van der Waals surface area contributed by atoms with E-state index < -0.39 is 0 Å². The fourth-order valence-electron chi connectivity index (χ4n) is 2.81. The van der Waals surface area contributed by atoms with Crippen molar-refractivity contribution in [3.63, 3.8) is 0 Å². The highest BCUT2D eigenvalue weighted by Gasteiger charge is 2.27. The standard InChI is InChI=1S/C18H16N2OS2/c21-17-16(23-18(19-17)20-8-10-22-11-9-20)12-14-6-3-5-13-4-1-2-7-15(13)14/h1-7,12H,8-11H2/b16-12-. The van der Waals surface area contributed by atoms with Crippen molar-refractivity contribution < 1.29 is 4.79 Å². The number of carbonyl (C=O) groups is 1. The average Bonchev–Trinajstić information content (AvgIpc) is 2.97. The summed E-state index contributed by atoms with van der Waals surface area (Å²) in [5.41, 5.74) is 1.07. The zero-order chi connectivity index (χ0) is 15.6. The number of thioether (sulfide) groups is 2. The number of amides is 1. The van der Waals surface area contributed by atoms with Crippen molar-refractivity contribution in [2.24, 2.45) is 4.99 Å². The third kappa shape index (κ3) is 3.03. The molecule has 23 heavy (non-hydrogen) atoms. The van der Waals surface area contributed by atoms with Gasteiger partial charge in [-0.1, -0.05) is 42.5 Å². The third-order valence-corrected chi connectivity index (χ3v) is 5.99. The van der Waals surface area contributed by atoms with Crippen molar-refractivity contribution in [2.75, 3.05) is 24.6 Å². The van der Waals surface area contributed by atoms with Crippen molar-refractivity contribution >= 4 is 51.4 Å². The maximum atomic E-state index is 12.3. The number of benzene rings is 2. The predicted octanol–water partition coefficient (Wildman–Crippen LogP) is 3.86. The van der Waals surface area contributed by atoms with Crippen molar-refractivity contribution in [1.82, 2.24) is 4.90 Å². The zero-order valence-corrected chi connectivity index (χ0v) is 14.2. The highest BCUT2D eigenvalue weighted by Crippen LogP contribution is 2.32. The second-order valence-corrected chi connectivity index (χ2v) is 7.71. The molecular weight excluding hydrogens is 324 g/mol. The minimum absolute atomic E-state index is 0.115. The van der Waals surface area contributed by atoms with E-state index in [1.807, 2.05) is 36.0 Å². The number of rotatable bonds is 1. The lowest BCUT2D eigenvalue weighted by molar-refractivity contribution is -0.113. The Balaban J connectivity index is 1.63. The maximum absolute atomic E-state index is 12.3. The number of nitrogens with zero attached hydrogens (tertiary/aromatic N) is 2. The van der Waals surface area contributed by atoms with E-state index in [1.54, 1.807) is 0 Å². The van der Waals surface area contributed by atoms with Crippen LogP contribution in [0.2, 0.25) is 0 Å². The van der Waals surface area contributed by atoms with Gasteiger partial charge in [-0.3, -0.25) is 4.79 Å². The largest absolute Gasteiger partial charge is 0.349 e. The SMILES string of the molecule is O=C1N=C(N2CCSCC2)S/C1=C\c1cccc2ccccc12. The molecule has 0 radical (unpaired) electrons. The van der Waals surface area contributed by atoms with Crippen molar-refractivity contribution in [1.29, 1.82) is 0 Å². The Kier molecular flexibility index (Phi) is 4.14. The fourth-order valence-corrected chi connectivity index (χ4v) is 4.66. The second kappa shape index (κ2) is 6.42. The van der Waals surface area contributed by atoms with Crippen LogP contribution in [0.15, 0.2) is 52.4 Å². The normalized spacial score (nSPS) is 20.3. The summed E-state index contributed by atoms with van der Waals surface area (Å²) in [7, 11) is 0. The molecule has 1 amide bonds. The molecule has 0 N–H and O–H groups in total. The van der Waals surface area contributed by atoms with Crippen LogP contribution in [0.25, 0.3) is 16.8 Å². The smallest absolute Gasteiger partial charge is 0.286 e. The molecule has 1 saturated heterocycles. The summed E-state index contributed by atoms with van der Waals surface area (Å²) >= 11 is 3.46. The quantitative estimate of drug-likeness (QED) is 0.738. The van der Waals surface area contributed by atoms with Crippen LogP contribution in [0.5, 0.6) is 0 Å². The molecule has 2 aliphatic rings. The lowest BCUT2D eigenvalue weighted by Gasteiger charge is -2.26. The average molecular weight is 340 g/mol. The summed E-state index contributed by atoms with van der Waals surface area (Å²) in [6.45, 7) is 1.96. The Hall–Kier alpha value is -1.72. The monoisotopic (exact) mass is 340 g/mol.